The Balaban J connectivity index is 1.57. The second-order valence-corrected chi connectivity index (χ2v) is 6.90. The highest BCUT2D eigenvalue weighted by atomic mass is 32.1. The molecule has 5 nitrogen and oxygen atoms in total. The van der Waals surface area contributed by atoms with E-state index < -0.39 is 0 Å². The van der Waals surface area contributed by atoms with Gasteiger partial charge in [-0.15, -0.1) is 11.3 Å². The molecular formula is C18H23N3O2S. The average Bonchev–Trinajstić information content (AvgIpc) is 3.26. The molecule has 0 aliphatic carbocycles. The molecule has 128 valence electrons. The zero-order chi connectivity index (χ0) is 16.9. The van der Waals surface area contributed by atoms with Crippen molar-refractivity contribution in [2.75, 3.05) is 25.1 Å². The van der Waals surface area contributed by atoms with Gasteiger partial charge in [0, 0.05) is 24.7 Å². The van der Waals surface area contributed by atoms with Crippen LogP contribution in [0.1, 0.15) is 24.0 Å². The van der Waals surface area contributed by atoms with E-state index in [-0.39, 0.29) is 11.9 Å². The second-order valence-electron chi connectivity index (χ2n) is 6.02. The molecule has 1 aromatic heterocycles. The molecule has 1 N–H and O–H groups in total. The number of methoxy groups -OCH3 is 1. The van der Waals surface area contributed by atoms with Gasteiger partial charge in [0.2, 0.25) is 5.91 Å². The van der Waals surface area contributed by atoms with E-state index in [1.54, 1.807) is 24.6 Å². The second kappa shape index (κ2) is 7.66. The smallest absolute Gasteiger partial charge is 0.242 e. The summed E-state index contributed by atoms with van der Waals surface area (Å²) in [5.41, 5.74) is 2.32. The number of carbonyl (C=O) groups excluding carboxylic acids is 1. The molecular weight excluding hydrogens is 322 g/mol. The van der Waals surface area contributed by atoms with Crippen molar-refractivity contribution in [3.63, 3.8) is 0 Å². The van der Waals surface area contributed by atoms with Crippen LogP contribution in [0.2, 0.25) is 0 Å². The van der Waals surface area contributed by atoms with Crippen molar-refractivity contribution >= 4 is 22.4 Å². The first-order valence-electron chi connectivity index (χ1n) is 8.26. The fraction of sp³-hybridized carbons (Fsp3) is 0.444. The molecule has 2 aromatic rings. The summed E-state index contributed by atoms with van der Waals surface area (Å²) in [7, 11) is 1.68. The van der Waals surface area contributed by atoms with Crippen LogP contribution in [-0.4, -0.2) is 37.1 Å². The third-order valence-corrected chi connectivity index (χ3v) is 5.16. The van der Waals surface area contributed by atoms with Crippen LogP contribution in [0.25, 0.3) is 0 Å². The summed E-state index contributed by atoms with van der Waals surface area (Å²) in [4.78, 5) is 19.0. The Morgan fingerprint density at radius 1 is 1.50 bits per heavy atom. The molecule has 0 unspecified atom stereocenters. The molecule has 1 saturated heterocycles. The van der Waals surface area contributed by atoms with E-state index in [1.807, 2.05) is 17.5 Å². The van der Waals surface area contributed by atoms with Gasteiger partial charge in [-0.2, -0.15) is 0 Å². The van der Waals surface area contributed by atoms with Gasteiger partial charge in [-0.1, -0.05) is 17.7 Å². The fourth-order valence-electron chi connectivity index (χ4n) is 3.17. The largest absolute Gasteiger partial charge is 0.496 e. The predicted molar refractivity (Wildman–Crippen MR) is 96.9 cm³/mol. The molecule has 1 fully saturated rings. The standard InChI is InChI=1S/C18H23N3O2S/c1-13-5-6-16(23-2)14(12-13)7-8-19-17(22)15-4-3-10-21(15)18-20-9-11-24-18/h5-6,9,11-12,15H,3-4,7-8,10H2,1-2H3,(H,19,22)/t15-/m1/s1. The summed E-state index contributed by atoms with van der Waals surface area (Å²) in [6, 6.07) is 6.03. The molecule has 0 spiro atoms. The lowest BCUT2D eigenvalue weighted by molar-refractivity contribution is -0.122. The summed E-state index contributed by atoms with van der Waals surface area (Å²) in [5.74, 6) is 0.967. The molecule has 0 saturated carbocycles. The Morgan fingerprint density at radius 2 is 2.38 bits per heavy atom. The van der Waals surface area contributed by atoms with E-state index in [9.17, 15) is 4.79 Å². The first-order chi connectivity index (χ1) is 11.7. The van der Waals surface area contributed by atoms with Gasteiger partial charge in [-0.3, -0.25) is 4.79 Å². The van der Waals surface area contributed by atoms with Gasteiger partial charge in [0.1, 0.15) is 11.8 Å². The number of hydrogen-bond donors (Lipinski definition) is 1. The summed E-state index contributed by atoms with van der Waals surface area (Å²) in [6.45, 7) is 3.57. The molecule has 1 aliphatic heterocycles. The molecule has 0 bridgehead atoms. The number of carbonyl (C=O) groups is 1. The molecule has 1 aromatic carbocycles. The van der Waals surface area contributed by atoms with Crippen LogP contribution in [0.5, 0.6) is 5.75 Å². The van der Waals surface area contributed by atoms with Crippen LogP contribution in [0.4, 0.5) is 5.13 Å². The molecule has 0 radical (unpaired) electrons. The van der Waals surface area contributed by atoms with Gasteiger partial charge in [-0.05, 0) is 37.8 Å². The molecule has 1 amide bonds. The third-order valence-electron chi connectivity index (χ3n) is 4.35. The number of hydrogen-bond acceptors (Lipinski definition) is 5. The van der Waals surface area contributed by atoms with Gasteiger partial charge in [0.25, 0.3) is 0 Å². The molecule has 24 heavy (non-hydrogen) atoms. The van der Waals surface area contributed by atoms with Crippen molar-refractivity contribution in [1.82, 2.24) is 10.3 Å². The number of aromatic nitrogens is 1. The lowest BCUT2D eigenvalue weighted by Crippen LogP contribution is -2.44. The van der Waals surface area contributed by atoms with Crippen LogP contribution < -0.4 is 15.0 Å². The maximum absolute atomic E-state index is 12.6. The minimum Gasteiger partial charge on any atom is -0.496 e. The van der Waals surface area contributed by atoms with E-state index >= 15 is 0 Å². The summed E-state index contributed by atoms with van der Waals surface area (Å²) in [6.07, 6.45) is 4.47. The van der Waals surface area contributed by atoms with Gasteiger partial charge in [-0.25, -0.2) is 4.98 Å². The van der Waals surface area contributed by atoms with Crippen LogP contribution in [-0.2, 0) is 11.2 Å². The summed E-state index contributed by atoms with van der Waals surface area (Å²) < 4.78 is 5.40. The number of nitrogens with one attached hydrogen (secondary N) is 1. The predicted octanol–water partition coefficient (Wildman–Crippen LogP) is 2.79. The van der Waals surface area contributed by atoms with Crippen molar-refractivity contribution in [1.29, 1.82) is 0 Å². The van der Waals surface area contributed by atoms with Crippen molar-refractivity contribution < 1.29 is 9.53 Å². The van der Waals surface area contributed by atoms with Crippen LogP contribution >= 0.6 is 11.3 Å². The lowest BCUT2D eigenvalue weighted by atomic mass is 10.1. The number of anilines is 1. The molecule has 1 aliphatic rings. The number of ether oxygens (including phenoxy) is 1. The Labute approximate surface area is 146 Å². The van der Waals surface area contributed by atoms with E-state index in [0.717, 1.165) is 42.3 Å². The fourth-order valence-corrected chi connectivity index (χ4v) is 3.89. The lowest BCUT2D eigenvalue weighted by Gasteiger charge is -2.23. The number of nitrogens with zero attached hydrogens (tertiary/aromatic N) is 2. The third kappa shape index (κ3) is 3.70. The molecule has 2 heterocycles. The normalized spacial score (nSPS) is 17.1. The molecule has 6 heteroatoms. The van der Waals surface area contributed by atoms with Crippen molar-refractivity contribution in [3.8, 4) is 5.75 Å². The average molecular weight is 345 g/mol. The molecule has 1 atom stereocenters. The number of aryl methyl sites for hydroxylation is 1. The maximum atomic E-state index is 12.6. The van der Waals surface area contributed by atoms with Crippen LogP contribution in [0, 0.1) is 6.92 Å². The quantitative estimate of drug-likeness (QED) is 0.875. The number of thiazole rings is 1. The Kier molecular flexibility index (Phi) is 5.35. The Hall–Kier alpha value is -2.08. The van der Waals surface area contributed by atoms with Crippen molar-refractivity contribution in [2.45, 2.75) is 32.2 Å². The Bertz CT molecular complexity index is 688. The van der Waals surface area contributed by atoms with Crippen molar-refractivity contribution in [2.24, 2.45) is 0 Å². The summed E-state index contributed by atoms with van der Waals surface area (Å²) in [5, 5.41) is 5.97. The molecule has 3 rings (SSSR count). The highest BCUT2D eigenvalue weighted by molar-refractivity contribution is 7.13. The number of rotatable bonds is 6. The zero-order valence-corrected chi connectivity index (χ0v) is 14.9. The van der Waals surface area contributed by atoms with Gasteiger partial charge in [0.05, 0.1) is 7.11 Å². The summed E-state index contributed by atoms with van der Waals surface area (Å²) >= 11 is 1.59. The van der Waals surface area contributed by atoms with Gasteiger partial charge >= 0.3 is 0 Å². The highest BCUT2D eigenvalue weighted by Crippen LogP contribution is 2.27. The van der Waals surface area contributed by atoms with Gasteiger partial charge < -0.3 is 15.0 Å². The van der Waals surface area contributed by atoms with E-state index in [4.69, 9.17) is 4.74 Å². The van der Waals surface area contributed by atoms with E-state index in [0.29, 0.717) is 6.54 Å². The van der Waals surface area contributed by atoms with E-state index in [2.05, 4.69) is 28.2 Å². The minimum absolute atomic E-state index is 0.0920. The first-order valence-corrected chi connectivity index (χ1v) is 9.14. The first kappa shape index (κ1) is 16.8. The topological polar surface area (TPSA) is 54.5 Å². The highest BCUT2D eigenvalue weighted by Gasteiger charge is 2.31. The number of benzene rings is 1. The van der Waals surface area contributed by atoms with Gasteiger partial charge in [0.15, 0.2) is 5.13 Å². The zero-order valence-electron chi connectivity index (χ0n) is 14.1. The Morgan fingerprint density at radius 3 is 3.12 bits per heavy atom. The SMILES string of the molecule is COc1ccc(C)cc1CCNC(=O)[C@H]1CCCN1c1nccs1. The maximum Gasteiger partial charge on any atom is 0.242 e. The van der Waals surface area contributed by atoms with E-state index in [1.165, 1.54) is 5.56 Å². The van der Waals surface area contributed by atoms with Crippen molar-refractivity contribution in [3.05, 3.63) is 40.9 Å². The monoisotopic (exact) mass is 345 g/mol. The minimum atomic E-state index is -0.101. The number of amides is 1. The van der Waals surface area contributed by atoms with Crippen LogP contribution in [0.15, 0.2) is 29.8 Å². The van der Waals surface area contributed by atoms with Crippen LogP contribution in [0.3, 0.4) is 0 Å².